The van der Waals surface area contributed by atoms with Gasteiger partial charge in [0.05, 0.1) is 6.10 Å². The molecule has 0 spiro atoms. The van der Waals surface area contributed by atoms with Crippen molar-refractivity contribution >= 4 is 17.5 Å². The highest BCUT2D eigenvalue weighted by molar-refractivity contribution is 6.31. The molecule has 0 saturated carbocycles. The Balaban J connectivity index is 2.15. The van der Waals surface area contributed by atoms with E-state index in [2.05, 4.69) is 0 Å². The Morgan fingerprint density at radius 3 is 2.89 bits per heavy atom. The van der Waals surface area contributed by atoms with E-state index in [4.69, 9.17) is 16.7 Å². The van der Waals surface area contributed by atoms with Crippen molar-refractivity contribution in [1.82, 2.24) is 4.90 Å². The number of rotatable bonds is 2. The standard InChI is InChI=1S/C14H18ClNO3/c1-9-11(3-2-4-12(9)15)14(19)16-6-5-10(8-17)13(18)7-16/h2-4,10,13,17-18H,5-8H2,1H3/t10-,13-/m0/s1. The molecule has 1 aliphatic rings. The fraction of sp³-hybridized carbons (Fsp3) is 0.500. The summed E-state index contributed by atoms with van der Waals surface area (Å²) in [5, 5.41) is 19.5. The minimum Gasteiger partial charge on any atom is -0.396 e. The third kappa shape index (κ3) is 2.91. The summed E-state index contributed by atoms with van der Waals surface area (Å²) in [6.07, 6.45) is -0.0505. The number of carbonyl (C=O) groups is 1. The van der Waals surface area contributed by atoms with Crippen LogP contribution in [-0.4, -0.2) is 46.8 Å². The molecule has 1 aromatic carbocycles. The lowest BCUT2D eigenvalue weighted by molar-refractivity contribution is 0.000846. The van der Waals surface area contributed by atoms with E-state index >= 15 is 0 Å². The Labute approximate surface area is 117 Å². The van der Waals surface area contributed by atoms with Crippen LogP contribution in [-0.2, 0) is 0 Å². The second kappa shape index (κ2) is 5.90. The average molecular weight is 284 g/mol. The zero-order chi connectivity index (χ0) is 14.0. The van der Waals surface area contributed by atoms with Crippen LogP contribution in [0.15, 0.2) is 18.2 Å². The molecule has 5 heteroatoms. The summed E-state index contributed by atoms with van der Waals surface area (Å²) in [7, 11) is 0. The van der Waals surface area contributed by atoms with Crippen molar-refractivity contribution in [1.29, 1.82) is 0 Å². The zero-order valence-electron chi connectivity index (χ0n) is 10.8. The fourth-order valence-electron chi connectivity index (χ4n) is 2.39. The number of likely N-dealkylation sites (tertiary alicyclic amines) is 1. The first-order chi connectivity index (χ1) is 9.04. The molecule has 0 aromatic heterocycles. The number of carbonyl (C=O) groups excluding carboxylic acids is 1. The van der Waals surface area contributed by atoms with E-state index in [-0.39, 0.29) is 25.0 Å². The molecule has 0 radical (unpaired) electrons. The quantitative estimate of drug-likeness (QED) is 0.864. The van der Waals surface area contributed by atoms with E-state index in [0.29, 0.717) is 23.6 Å². The fourth-order valence-corrected chi connectivity index (χ4v) is 2.56. The molecule has 0 unspecified atom stereocenters. The predicted molar refractivity (Wildman–Crippen MR) is 73.3 cm³/mol. The van der Waals surface area contributed by atoms with Crippen molar-refractivity contribution in [3.05, 3.63) is 34.3 Å². The van der Waals surface area contributed by atoms with Gasteiger partial charge in [-0.2, -0.15) is 0 Å². The molecule has 0 aliphatic carbocycles. The van der Waals surface area contributed by atoms with Gasteiger partial charge in [-0.3, -0.25) is 4.79 Å². The molecule has 1 aliphatic heterocycles. The topological polar surface area (TPSA) is 60.8 Å². The van der Waals surface area contributed by atoms with Crippen LogP contribution in [0.3, 0.4) is 0 Å². The van der Waals surface area contributed by atoms with Crippen molar-refractivity contribution in [2.24, 2.45) is 5.92 Å². The van der Waals surface area contributed by atoms with E-state index in [9.17, 15) is 9.90 Å². The van der Waals surface area contributed by atoms with Gasteiger partial charge in [-0.25, -0.2) is 0 Å². The number of β-amino-alcohol motifs (C(OH)–C–C–N with tert-alkyl or cyclic N) is 1. The number of nitrogens with zero attached hydrogens (tertiary/aromatic N) is 1. The highest BCUT2D eigenvalue weighted by Crippen LogP contribution is 2.23. The lowest BCUT2D eigenvalue weighted by Gasteiger charge is -2.35. The second-order valence-electron chi connectivity index (χ2n) is 4.96. The number of hydrogen-bond donors (Lipinski definition) is 2. The third-order valence-electron chi connectivity index (χ3n) is 3.74. The molecule has 1 amide bonds. The molecule has 4 nitrogen and oxygen atoms in total. The van der Waals surface area contributed by atoms with Gasteiger partial charge in [0.15, 0.2) is 0 Å². The van der Waals surface area contributed by atoms with Gasteiger partial charge in [0.25, 0.3) is 5.91 Å². The van der Waals surface area contributed by atoms with Crippen LogP contribution in [0.1, 0.15) is 22.3 Å². The maximum atomic E-state index is 12.4. The number of aliphatic hydroxyl groups is 2. The van der Waals surface area contributed by atoms with Crippen molar-refractivity contribution in [2.75, 3.05) is 19.7 Å². The molecule has 2 N–H and O–H groups in total. The van der Waals surface area contributed by atoms with Gasteiger partial charge >= 0.3 is 0 Å². The number of halogens is 1. The van der Waals surface area contributed by atoms with E-state index < -0.39 is 6.10 Å². The Morgan fingerprint density at radius 2 is 2.26 bits per heavy atom. The summed E-state index contributed by atoms with van der Waals surface area (Å²) in [4.78, 5) is 14.0. The summed E-state index contributed by atoms with van der Waals surface area (Å²) >= 11 is 6.02. The Hall–Kier alpha value is -1.10. The van der Waals surface area contributed by atoms with Crippen LogP contribution >= 0.6 is 11.6 Å². The minimum absolute atomic E-state index is 0.0423. The molecule has 104 valence electrons. The molecule has 1 heterocycles. The summed E-state index contributed by atoms with van der Waals surface area (Å²) in [5.74, 6) is -0.250. The molecule has 1 saturated heterocycles. The third-order valence-corrected chi connectivity index (χ3v) is 4.15. The van der Waals surface area contributed by atoms with Crippen LogP contribution in [0.5, 0.6) is 0 Å². The molecule has 1 fully saturated rings. The highest BCUT2D eigenvalue weighted by atomic mass is 35.5. The van der Waals surface area contributed by atoms with Gasteiger partial charge in [0.2, 0.25) is 0 Å². The minimum atomic E-state index is -0.665. The Kier molecular flexibility index (Phi) is 4.45. The molecule has 2 atom stereocenters. The van der Waals surface area contributed by atoms with E-state index in [0.717, 1.165) is 5.56 Å². The van der Waals surface area contributed by atoms with Crippen LogP contribution in [0.25, 0.3) is 0 Å². The zero-order valence-corrected chi connectivity index (χ0v) is 11.6. The monoisotopic (exact) mass is 283 g/mol. The molecular formula is C14H18ClNO3. The van der Waals surface area contributed by atoms with Gasteiger partial charge in [-0.05, 0) is 31.0 Å². The number of aliphatic hydroxyl groups excluding tert-OH is 2. The summed E-state index contributed by atoms with van der Waals surface area (Å²) in [6, 6.07) is 5.24. The smallest absolute Gasteiger partial charge is 0.254 e. The van der Waals surface area contributed by atoms with Crippen molar-refractivity contribution in [3.63, 3.8) is 0 Å². The van der Waals surface area contributed by atoms with Gasteiger partial charge in [0, 0.05) is 36.2 Å². The SMILES string of the molecule is Cc1c(Cl)cccc1C(=O)N1CC[C@@H](CO)[C@@H](O)C1. The number of hydrogen-bond acceptors (Lipinski definition) is 3. The molecular weight excluding hydrogens is 266 g/mol. The lowest BCUT2D eigenvalue weighted by atomic mass is 9.94. The summed E-state index contributed by atoms with van der Waals surface area (Å²) in [6.45, 7) is 2.58. The van der Waals surface area contributed by atoms with Crippen LogP contribution in [0.2, 0.25) is 5.02 Å². The van der Waals surface area contributed by atoms with Crippen molar-refractivity contribution in [2.45, 2.75) is 19.4 Å². The van der Waals surface area contributed by atoms with Gasteiger partial charge in [0.1, 0.15) is 0 Å². The Morgan fingerprint density at radius 1 is 1.53 bits per heavy atom. The van der Waals surface area contributed by atoms with E-state index in [1.807, 2.05) is 6.92 Å². The largest absolute Gasteiger partial charge is 0.396 e. The number of amides is 1. The first-order valence-electron chi connectivity index (χ1n) is 6.38. The van der Waals surface area contributed by atoms with Crippen molar-refractivity contribution in [3.8, 4) is 0 Å². The van der Waals surface area contributed by atoms with Crippen LogP contribution < -0.4 is 0 Å². The highest BCUT2D eigenvalue weighted by Gasteiger charge is 2.30. The normalized spacial score (nSPS) is 23.5. The van der Waals surface area contributed by atoms with Gasteiger partial charge < -0.3 is 15.1 Å². The lowest BCUT2D eigenvalue weighted by Crippen LogP contribution is -2.47. The first-order valence-corrected chi connectivity index (χ1v) is 6.75. The molecule has 2 rings (SSSR count). The molecule has 19 heavy (non-hydrogen) atoms. The maximum Gasteiger partial charge on any atom is 0.254 e. The van der Waals surface area contributed by atoms with Crippen LogP contribution in [0, 0.1) is 12.8 Å². The van der Waals surface area contributed by atoms with E-state index in [1.54, 1.807) is 23.1 Å². The maximum absolute atomic E-state index is 12.4. The summed E-state index contributed by atoms with van der Waals surface area (Å²) in [5.41, 5.74) is 1.33. The predicted octanol–water partition coefficient (Wildman–Crippen LogP) is 1.46. The van der Waals surface area contributed by atoms with E-state index in [1.165, 1.54) is 0 Å². The molecule has 1 aromatic rings. The second-order valence-corrected chi connectivity index (χ2v) is 5.37. The first kappa shape index (κ1) is 14.3. The number of piperidine rings is 1. The van der Waals surface area contributed by atoms with Crippen LogP contribution in [0.4, 0.5) is 0 Å². The van der Waals surface area contributed by atoms with Gasteiger partial charge in [-0.1, -0.05) is 17.7 Å². The summed E-state index contributed by atoms with van der Waals surface area (Å²) < 4.78 is 0. The molecule has 0 bridgehead atoms. The Bertz CT molecular complexity index is 478. The van der Waals surface area contributed by atoms with Gasteiger partial charge in [-0.15, -0.1) is 0 Å². The van der Waals surface area contributed by atoms with Crippen molar-refractivity contribution < 1.29 is 15.0 Å². The number of benzene rings is 1. The average Bonchev–Trinajstić information content (AvgIpc) is 2.41.